The number of rotatable bonds is 1. The SMILES string of the molecule is CNC1C2CC(O)CC1C1OC21. The Morgan fingerprint density at radius 2 is 1.83 bits per heavy atom. The number of hydrogen-bond acceptors (Lipinski definition) is 3. The Morgan fingerprint density at radius 3 is 2.33 bits per heavy atom. The molecule has 2 N–H and O–H groups in total. The molecule has 4 unspecified atom stereocenters. The first kappa shape index (κ1) is 7.30. The highest BCUT2D eigenvalue weighted by molar-refractivity contribution is 5.13. The Hall–Kier alpha value is -0.120. The minimum atomic E-state index is -0.0685. The topological polar surface area (TPSA) is 44.8 Å². The molecule has 3 aliphatic rings. The van der Waals surface area contributed by atoms with E-state index in [2.05, 4.69) is 5.32 Å². The molecule has 0 aromatic rings. The number of aliphatic hydroxyl groups excluding tert-OH is 1. The largest absolute Gasteiger partial charge is 0.393 e. The zero-order chi connectivity index (χ0) is 8.29. The highest BCUT2D eigenvalue weighted by atomic mass is 16.6. The fourth-order valence-corrected chi connectivity index (χ4v) is 3.27. The Balaban J connectivity index is 1.86. The second-order valence-corrected chi connectivity index (χ2v) is 4.33. The van der Waals surface area contributed by atoms with Crippen LogP contribution in [-0.2, 0) is 4.74 Å². The lowest BCUT2D eigenvalue weighted by Crippen LogP contribution is -2.45. The van der Waals surface area contributed by atoms with Crippen LogP contribution in [0.2, 0.25) is 0 Å². The van der Waals surface area contributed by atoms with Crippen LogP contribution in [0, 0.1) is 11.8 Å². The number of epoxide rings is 1. The molecule has 2 bridgehead atoms. The first-order valence-electron chi connectivity index (χ1n) is 4.82. The summed E-state index contributed by atoms with van der Waals surface area (Å²) in [5.74, 6) is 1.16. The summed E-state index contributed by atoms with van der Waals surface area (Å²) in [6.07, 6.45) is 2.75. The van der Waals surface area contributed by atoms with E-state index in [1.807, 2.05) is 7.05 Å². The van der Waals surface area contributed by atoms with Gasteiger partial charge in [-0.2, -0.15) is 0 Å². The molecule has 1 aliphatic heterocycles. The molecule has 0 amide bonds. The standard InChI is InChI=1S/C9H15NO2/c1-10-7-5-2-4(11)3-6(7)9-8(5)12-9/h4-11H,2-3H2,1H3. The van der Waals surface area contributed by atoms with Gasteiger partial charge in [-0.25, -0.2) is 0 Å². The summed E-state index contributed by atoms with van der Waals surface area (Å²) in [6, 6.07) is 0.608. The Bertz CT molecular complexity index is 191. The maximum absolute atomic E-state index is 9.56. The fraction of sp³-hybridized carbons (Fsp3) is 1.00. The Morgan fingerprint density at radius 1 is 1.25 bits per heavy atom. The van der Waals surface area contributed by atoms with Crippen molar-refractivity contribution in [2.24, 2.45) is 11.8 Å². The average molecular weight is 169 g/mol. The third kappa shape index (κ3) is 0.767. The summed E-state index contributed by atoms with van der Waals surface area (Å²) in [4.78, 5) is 0. The molecule has 12 heavy (non-hydrogen) atoms. The molecule has 3 nitrogen and oxygen atoms in total. The maximum atomic E-state index is 9.56. The molecule has 2 saturated carbocycles. The van der Waals surface area contributed by atoms with Crippen LogP contribution >= 0.6 is 0 Å². The van der Waals surface area contributed by atoms with Crippen molar-refractivity contribution in [2.75, 3.05) is 7.05 Å². The predicted molar refractivity (Wildman–Crippen MR) is 43.7 cm³/mol. The van der Waals surface area contributed by atoms with Gasteiger partial charge in [0.25, 0.3) is 0 Å². The minimum Gasteiger partial charge on any atom is -0.393 e. The van der Waals surface area contributed by atoms with Crippen LogP contribution in [0.3, 0.4) is 0 Å². The summed E-state index contributed by atoms with van der Waals surface area (Å²) < 4.78 is 5.55. The molecule has 3 fully saturated rings. The van der Waals surface area contributed by atoms with Gasteiger partial charge in [0.2, 0.25) is 0 Å². The van der Waals surface area contributed by atoms with Crippen molar-refractivity contribution in [3.05, 3.63) is 0 Å². The van der Waals surface area contributed by atoms with E-state index >= 15 is 0 Å². The lowest BCUT2D eigenvalue weighted by atomic mass is 9.81. The second-order valence-electron chi connectivity index (χ2n) is 4.33. The van der Waals surface area contributed by atoms with Crippen LogP contribution in [0.25, 0.3) is 0 Å². The van der Waals surface area contributed by atoms with Gasteiger partial charge >= 0.3 is 0 Å². The molecule has 1 saturated heterocycles. The molecular formula is C9H15NO2. The summed E-state index contributed by atoms with van der Waals surface area (Å²) in [6.45, 7) is 0. The number of nitrogens with one attached hydrogen (secondary N) is 1. The van der Waals surface area contributed by atoms with Crippen molar-refractivity contribution in [2.45, 2.75) is 37.2 Å². The molecular weight excluding hydrogens is 154 g/mol. The van der Waals surface area contributed by atoms with Crippen LogP contribution in [0.15, 0.2) is 0 Å². The molecule has 68 valence electrons. The molecule has 4 atom stereocenters. The van der Waals surface area contributed by atoms with E-state index in [4.69, 9.17) is 4.74 Å². The summed E-state index contributed by atoms with van der Waals surface area (Å²) in [5, 5.41) is 12.9. The van der Waals surface area contributed by atoms with E-state index in [1.165, 1.54) is 0 Å². The van der Waals surface area contributed by atoms with Crippen LogP contribution in [0.4, 0.5) is 0 Å². The third-order valence-electron chi connectivity index (χ3n) is 3.75. The van der Waals surface area contributed by atoms with Crippen molar-refractivity contribution < 1.29 is 9.84 Å². The van der Waals surface area contributed by atoms with Gasteiger partial charge in [0.05, 0.1) is 18.3 Å². The van der Waals surface area contributed by atoms with Gasteiger partial charge in [0.15, 0.2) is 0 Å². The highest BCUT2D eigenvalue weighted by Crippen LogP contribution is 2.53. The number of ether oxygens (including phenoxy) is 1. The van der Waals surface area contributed by atoms with E-state index < -0.39 is 0 Å². The molecule has 0 aromatic carbocycles. The van der Waals surface area contributed by atoms with Gasteiger partial charge in [-0.3, -0.25) is 0 Å². The third-order valence-corrected chi connectivity index (χ3v) is 3.75. The monoisotopic (exact) mass is 169 g/mol. The average Bonchev–Trinajstić information content (AvgIpc) is 2.77. The van der Waals surface area contributed by atoms with Crippen molar-refractivity contribution in [3.63, 3.8) is 0 Å². The second kappa shape index (κ2) is 2.22. The molecule has 1 heterocycles. The number of aliphatic hydroxyl groups is 1. The van der Waals surface area contributed by atoms with E-state index in [9.17, 15) is 5.11 Å². The van der Waals surface area contributed by atoms with Gasteiger partial charge in [0.1, 0.15) is 0 Å². The van der Waals surface area contributed by atoms with Crippen molar-refractivity contribution in [1.82, 2.24) is 5.32 Å². The van der Waals surface area contributed by atoms with Gasteiger partial charge in [-0.05, 0) is 19.9 Å². The van der Waals surface area contributed by atoms with Crippen molar-refractivity contribution >= 4 is 0 Å². The van der Waals surface area contributed by atoms with Gasteiger partial charge in [0, 0.05) is 17.9 Å². The smallest absolute Gasteiger partial charge is 0.0889 e. The van der Waals surface area contributed by atoms with Crippen LogP contribution in [0.1, 0.15) is 12.8 Å². The lowest BCUT2D eigenvalue weighted by Gasteiger charge is -2.34. The van der Waals surface area contributed by atoms with Gasteiger partial charge in [-0.1, -0.05) is 0 Å². The van der Waals surface area contributed by atoms with Crippen LogP contribution in [-0.4, -0.2) is 36.5 Å². The van der Waals surface area contributed by atoms with Gasteiger partial charge < -0.3 is 15.2 Å². The highest BCUT2D eigenvalue weighted by Gasteiger charge is 2.63. The summed E-state index contributed by atoms with van der Waals surface area (Å²) in [5.41, 5.74) is 0. The summed E-state index contributed by atoms with van der Waals surface area (Å²) in [7, 11) is 2.02. The fourth-order valence-electron chi connectivity index (χ4n) is 3.27. The molecule has 3 heteroatoms. The zero-order valence-electron chi connectivity index (χ0n) is 7.23. The van der Waals surface area contributed by atoms with Gasteiger partial charge in [-0.15, -0.1) is 0 Å². The normalized spacial score (nSPS) is 61.5. The maximum Gasteiger partial charge on any atom is 0.0889 e. The molecule has 3 rings (SSSR count). The first-order valence-corrected chi connectivity index (χ1v) is 4.82. The first-order chi connectivity index (χ1) is 5.81. The molecule has 2 aliphatic carbocycles. The predicted octanol–water partition coefficient (Wildman–Crippen LogP) is -0.258. The van der Waals surface area contributed by atoms with Crippen molar-refractivity contribution in [3.8, 4) is 0 Å². The number of fused-ring (bicyclic) bond motifs is 5. The van der Waals surface area contributed by atoms with E-state index in [1.54, 1.807) is 0 Å². The van der Waals surface area contributed by atoms with Crippen molar-refractivity contribution in [1.29, 1.82) is 0 Å². The Labute approximate surface area is 72.1 Å². The molecule has 0 radical (unpaired) electrons. The van der Waals surface area contributed by atoms with E-state index in [-0.39, 0.29) is 6.10 Å². The number of hydrogen-bond donors (Lipinski definition) is 2. The molecule has 0 spiro atoms. The lowest BCUT2D eigenvalue weighted by molar-refractivity contribution is 0.0296. The Kier molecular flexibility index (Phi) is 1.35. The summed E-state index contributed by atoms with van der Waals surface area (Å²) >= 11 is 0. The van der Waals surface area contributed by atoms with Crippen LogP contribution in [0.5, 0.6) is 0 Å². The molecule has 0 aromatic heterocycles. The van der Waals surface area contributed by atoms with Crippen LogP contribution < -0.4 is 5.32 Å². The quantitative estimate of drug-likeness (QED) is 0.532. The zero-order valence-corrected chi connectivity index (χ0v) is 7.23. The van der Waals surface area contributed by atoms with E-state index in [0.717, 1.165) is 12.8 Å². The van der Waals surface area contributed by atoms with E-state index in [0.29, 0.717) is 30.1 Å². The minimum absolute atomic E-state index is 0.0685.